The Labute approximate surface area is 159 Å². The molecular formula is C19H30N4O4. The summed E-state index contributed by atoms with van der Waals surface area (Å²) in [6.07, 6.45) is 6.19. The Kier molecular flexibility index (Phi) is 6.98. The number of hydrogen-bond acceptors (Lipinski definition) is 4. The molecule has 1 aromatic rings. The molecule has 1 aliphatic rings. The molecule has 0 unspecified atom stereocenters. The van der Waals surface area contributed by atoms with E-state index in [0.29, 0.717) is 18.7 Å². The number of anilines is 1. The predicted octanol–water partition coefficient (Wildman–Crippen LogP) is 3.36. The van der Waals surface area contributed by atoms with Crippen molar-refractivity contribution in [2.45, 2.75) is 77.8 Å². The van der Waals surface area contributed by atoms with E-state index in [1.54, 1.807) is 16.9 Å². The molecule has 1 heterocycles. The first-order valence-electron chi connectivity index (χ1n) is 9.55. The van der Waals surface area contributed by atoms with Crippen LogP contribution in [0.3, 0.4) is 0 Å². The fourth-order valence-electron chi connectivity index (χ4n) is 3.09. The van der Waals surface area contributed by atoms with E-state index >= 15 is 0 Å². The molecule has 0 bridgehead atoms. The number of nitrogens with zero attached hydrogens (tertiary/aromatic N) is 2. The number of hydrogen-bond donors (Lipinski definition) is 3. The molecule has 27 heavy (non-hydrogen) atoms. The van der Waals surface area contributed by atoms with E-state index in [0.717, 1.165) is 32.1 Å². The van der Waals surface area contributed by atoms with Gasteiger partial charge in [0.05, 0.1) is 12.2 Å². The highest BCUT2D eigenvalue weighted by Crippen LogP contribution is 2.33. The summed E-state index contributed by atoms with van der Waals surface area (Å²) < 4.78 is 1.72. The zero-order chi connectivity index (χ0) is 20.0. The van der Waals surface area contributed by atoms with Gasteiger partial charge in [0.1, 0.15) is 11.9 Å². The number of rotatable bonds is 9. The van der Waals surface area contributed by atoms with Crippen molar-refractivity contribution in [3.05, 3.63) is 12.3 Å². The SMILES string of the molecule is CC(C)(C)CCCC[C@H](NC(=O)O)C(=O)C(=O)Nc1ccnn1C1CCC1. The minimum absolute atomic E-state index is 0.178. The average molecular weight is 378 g/mol. The molecule has 0 radical (unpaired) electrons. The van der Waals surface area contributed by atoms with Gasteiger partial charge in [-0.15, -0.1) is 0 Å². The molecule has 8 heteroatoms. The topological polar surface area (TPSA) is 113 Å². The van der Waals surface area contributed by atoms with Gasteiger partial charge < -0.3 is 15.7 Å². The summed E-state index contributed by atoms with van der Waals surface area (Å²) in [6, 6.07) is 0.852. The molecule has 0 aliphatic heterocycles. The molecule has 8 nitrogen and oxygen atoms in total. The summed E-state index contributed by atoms with van der Waals surface area (Å²) in [5.74, 6) is -1.11. The van der Waals surface area contributed by atoms with E-state index < -0.39 is 23.8 Å². The van der Waals surface area contributed by atoms with E-state index in [4.69, 9.17) is 5.11 Å². The van der Waals surface area contributed by atoms with Gasteiger partial charge in [0.25, 0.3) is 5.91 Å². The Morgan fingerprint density at radius 2 is 2.00 bits per heavy atom. The smallest absolute Gasteiger partial charge is 0.405 e. The molecule has 1 aliphatic carbocycles. The molecule has 1 saturated carbocycles. The maximum atomic E-state index is 12.5. The van der Waals surface area contributed by atoms with Gasteiger partial charge >= 0.3 is 6.09 Å². The molecule has 1 atom stereocenters. The van der Waals surface area contributed by atoms with Crippen molar-refractivity contribution < 1.29 is 19.5 Å². The summed E-state index contributed by atoms with van der Waals surface area (Å²) in [5.41, 5.74) is 0.178. The number of unbranched alkanes of at least 4 members (excludes halogenated alkanes) is 1. The predicted molar refractivity (Wildman–Crippen MR) is 102 cm³/mol. The molecule has 1 aromatic heterocycles. The summed E-state index contributed by atoms with van der Waals surface area (Å²) in [6.45, 7) is 6.39. The van der Waals surface area contributed by atoms with E-state index in [2.05, 4.69) is 36.5 Å². The van der Waals surface area contributed by atoms with Crippen molar-refractivity contribution in [1.29, 1.82) is 0 Å². The zero-order valence-electron chi connectivity index (χ0n) is 16.3. The number of ketones is 1. The Bertz CT molecular complexity index is 673. The number of nitrogens with one attached hydrogen (secondary N) is 2. The molecule has 150 valence electrons. The van der Waals surface area contributed by atoms with Crippen LogP contribution in [-0.4, -0.2) is 38.7 Å². The first-order chi connectivity index (χ1) is 12.7. The lowest BCUT2D eigenvalue weighted by Crippen LogP contribution is -2.45. The van der Waals surface area contributed by atoms with Crippen molar-refractivity contribution in [3.63, 3.8) is 0 Å². The second-order valence-corrected chi connectivity index (χ2v) is 8.37. The van der Waals surface area contributed by atoms with Gasteiger partial charge in [-0.2, -0.15) is 5.10 Å². The van der Waals surface area contributed by atoms with Crippen molar-refractivity contribution in [2.75, 3.05) is 5.32 Å². The molecular weight excluding hydrogens is 348 g/mol. The summed E-state index contributed by atoms with van der Waals surface area (Å²) in [4.78, 5) is 35.9. The minimum atomic E-state index is -1.31. The lowest BCUT2D eigenvalue weighted by atomic mass is 9.89. The third kappa shape index (κ3) is 6.37. The van der Waals surface area contributed by atoms with Gasteiger partial charge in [-0.05, 0) is 37.5 Å². The molecule has 0 aromatic carbocycles. The first kappa shape index (κ1) is 20.9. The molecule has 2 amide bonds. The lowest BCUT2D eigenvalue weighted by Gasteiger charge is -2.27. The van der Waals surface area contributed by atoms with Crippen LogP contribution in [0, 0.1) is 5.41 Å². The second kappa shape index (κ2) is 9.01. The van der Waals surface area contributed by atoms with Crippen LogP contribution in [0.5, 0.6) is 0 Å². The number of Topliss-reactive ketones (excluding diaryl/α,β-unsaturated/α-hetero) is 1. The lowest BCUT2D eigenvalue weighted by molar-refractivity contribution is -0.136. The third-order valence-corrected chi connectivity index (χ3v) is 4.84. The molecule has 0 spiro atoms. The van der Waals surface area contributed by atoms with Crippen molar-refractivity contribution in [3.8, 4) is 0 Å². The largest absolute Gasteiger partial charge is 0.465 e. The monoisotopic (exact) mass is 378 g/mol. The van der Waals surface area contributed by atoms with Gasteiger partial charge in [-0.1, -0.05) is 33.6 Å². The molecule has 1 fully saturated rings. The molecule has 0 saturated heterocycles. The Morgan fingerprint density at radius 1 is 1.30 bits per heavy atom. The fraction of sp³-hybridized carbons (Fsp3) is 0.684. The Balaban J connectivity index is 1.93. The minimum Gasteiger partial charge on any atom is -0.465 e. The fourth-order valence-corrected chi connectivity index (χ4v) is 3.09. The third-order valence-electron chi connectivity index (χ3n) is 4.84. The van der Waals surface area contributed by atoms with Crippen LogP contribution in [0.25, 0.3) is 0 Å². The van der Waals surface area contributed by atoms with Crippen LogP contribution >= 0.6 is 0 Å². The number of carbonyl (C=O) groups excluding carboxylic acids is 2. The highest BCUT2D eigenvalue weighted by molar-refractivity contribution is 6.42. The van der Waals surface area contributed by atoms with Crippen molar-refractivity contribution in [2.24, 2.45) is 5.41 Å². The van der Waals surface area contributed by atoms with Crippen molar-refractivity contribution in [1.82, 2.24) is 15.1 Å². The second-order valence-electron chi connectivity index (χ2n) is 8.37. The summed E-state index contributed by atoms with van der Waals surface area (Å²) >= 11 is 0. The van der Waals surface area contributed by atoms with Gasteiger partial charge in [0.15, 0.2) is 0 Å². The zero-order valence-corrected chi connectivity index (χ0v) is 16.3. The first-order valence-corrected chi connectivity index (χ1v) is 9.55. The average Bonchev–Trinajstić information content (AvgIpc) is 2.94. The van der Waals surface area contributed by atoms with E-state index in [1.807, 2.05) is 0 Å². The normalized spacial score (nSPS) is 15.7. The summed E-state index contributed by atoms with van der Waals surface area (Å²) in [5, 5.41) is 18.0. The van der Waals surface area contributed by atoms with Crippen LogP contribution in [0.4, 0.5) is 10.6 Å². The maximum Gasteiger partial charge on any atom is 0.405 e. The van der Waals surface area contributed by atoms with E-state index in [-0.39, 0.29) is 11.5 Å². The Morgan fingerprint density at radius 3 is 2.56 bits per heavy atom. The van der Waals surface area contributed by atoms with Gasteiger partial charge in [0, 0.05) is 6.07 Å². The van der Waals surface area contributed by atoms with Crippen LogP contribution < -0.4 is 10.6 Å². The highest BCUT2D eigenvalue weighted by Gasteiger charge is 2.29. The maximum absolute atomic E-state index is 12.5. The number of aromatic nitrogens is 2. The highest BCUT2D eigenvalue weighted by atomic mass is 16.4. The quantitative estimate of drug-likeness (QED) is 0.450. The molecule has 3 N–H and O–H groups in total. The van der Waals surface area contributed by atoms with Crippen LogP contribution in [0.1, 0.15) is 71.8 Å². The van der Waals surface area contributed by atoms with Crippen molar-refractivity contribution >= 4 is 23.6 Å². The van der Waals surface area contributed by atoms with E-state index in [1.165, 1.54) is 0 Å². The van der Waals surface area contributed by atoms with Crippen LogP contribution in [-0.2, 0) is 9.59 Å². The summed E-state index contributed by atoms with van der Waals surface area (Å²) in [7, 11) is 0. The van der Waals surface area contributed by atoms with Crippen LogP contribution in [0.2, 0.25) is 0 Å². The van der Waals surface area contributed by atoms with Gasteiger partial charge in [0.2, 0.25) is 5.78 Å². The van der Waals surface area contributed by atoms with E-state index in [9.17, 15) is 14.4 Å². The Hall–Kier alpha value is -2.38. The van der Waals surface area contributed by atoms with Gasteiger partial charge in [-0.3, -0.25) is 9.59 Å². The standard InChI is InChI=1S/C19H30N4O4/c1-19(2,3)11-5-4-9-14(21-18(26)27)16(24)17(25)22-15-10-12-20-23(15)13-7-6-8-13/h10,12-14,21H,4-9,11H2,1-3H3,(H,22,25)(H,26,27)/t14-/m0/s1. The number of carboxylic acid groups (broad SMARTS) is 1. The van der Waals surface area contributed by atoms with Crippen LogP contribution in [0.15, 0.2) is 12.3 Å². The molecule has 2 rings (SSSR count). The van der Waals surface area contributed by atoms with Gasteiger partial charge in [-0.25, -0.2) is 9.48 Å². The number of carbonyl (C=O) groups is 3. The number of amides is 2.